The highest BCUT2D eigenvalue weighted by Crippen LogP contribution is 2.25. The summed E-state index contributed by atoms with van der Waals surface area (Å²) in [6, 6.07) is 4.86. The lowest BCUT2D eigenvalue weighted by atomic mass is 9.98. The molecule has 1 aromatic carbocycles. The molecule has 1 saturated heterocycles. The molecular weight excluding hydrogens is 332 g/mol. The standard InChI is InChI=1S/C17H23ClN2O4/c1-17(2,3)16(22)24-20-8-6-11(7-9-20)23-12-4-5-14(18)13(10-12)15(19)21/h4-5,10-11H,6-9H2,1-3H3,(H2,19,21). The molecule has 0 bridgehead atoms. The lowest BCUT2D eigenvalue weighted by molar-refractivity contribution is -0.207. The SMILES string of the molecule is CC(C)(C)C(=O)ON1CCC(Oc2ccc(Cl)c(C(N)=O)c2)CC1. The number of halogens is 1. The number of ether oxygens (including phenoxy) is 1. The number of piperidine rings is 1. The summed E-state index contributed by atoms with van der Waals surface area (Å²) < 4.78 is 5.89. The Kier molecular flexibility index (Phi) is 5.72. The molecule has 0 radical (unpaired) electrons. The van der Waals surface area contributed by atoms with E-state index in [4.69, 9.17) is 26.9 Å². The Morgan fingerprint density at radius 3 is 2.42 bits per heavy atom. The molecule has 1 aliphatic rings. The average Bonchev–Trinajstić information content (AvgIpc) is 2.50. The van der Waals surface area contributed by atoms with Gasteiger partial charge >= 0.3 is 5.97 Å². The number of hydrogen-bond donors (Lipinski definition) is 1. The third kappa shape index (κ3) is 4.85. The zero-order valence-electron chi connectivity index (χ0n) is 14.2. The van der Waals surface area contributed by atoms with E-state index >= 15 is 0 Å². The topological polar surface area (TPSA) is 81.9 Å². The van der Waals surface area contributed by atoms with Crippen molar-refractivity contribution in [3.8, 4) is 5.75 Å². The highest BCUT2D eigenvalue weighted by Gasteiger charge is 2.29. The molecular formula is C17H23ClN2O4. The molecule has 132 valence electrons. The fourth-order valence-corrected chi connectivity index (χ4v) is 2.47. The maximum atomic E-state index is 11.9. The van der Waals surface area contributed by atoms with E-state index in [0.717, 1.165) is 0 Å². The Bertz CT molecular complexity index is 620. The van der Waals surface area contributed by atoms with E-state index in [2.05, 4.69) is 0 Å². The number of primary amides is 1. The van der Waals surface area contributed by atoms with Gasteiger partial charge in [0, 0.05) is 25.9 Å². The molecule has 1 aliphatic heterocycles. The van der Waals surface area contributed by atoms with Crippen molar-refractivity contribution in [1.29, 1.82) is 0 Å². The first kappa shape index (κ1) is 18.5. The number of benzene rings is 1. The predicted molar refractivity (Wildman–Crippen MR) is 90.7 cm³/mol. The summed E-state index contributed by atoms with van der Waals surface area (Å²) in [4.78, 5) is 28.6. The fraction of sp³-hybridized carbons (Fsp3) is 0.529. The van der Waals surface area contributed by atoms with Crippen LogP contribution >= 0.6 is 11.6 Å². The summed E-state index contributed by atoms with van der Waals surface area (Å²) in [6.45, 7) is 6.66. The van der Waals surface area contributed by atoms with Gasteiger partial charge in [-0.15, -0.1) is 5.06 Å². The second-order valence-electron chi connectivity index (χ2n) is 6.88. The summed E-state index contributed by atoms with van der Waals surface area (Å²) in [7, 11) is 0. The van der Waals surface area contributed by atoms with Crippen molar-refractivity contribution in [2.45, 2.75) is 39.7 Å². The number of rotatable bonds is 4. The van der Waals surface area contributed by atoms with Crippen molar-refractivity contribution in [2.24, 2.45) is 11.1 Å². The molecule has 1 heterocycles. The van der Waals surface area contributed by atoms with Crippen molar-refractivity contribution in [3.63, 3.8) is 0 Å². The van der Waals surface area contributed by atoms with E-state index in [-0.39, 0.29) is 17.6 Å². The van der Waals surface area contributed by atoms with Crippen LogP contribution in [0.25, 0.3) is 0 Å². The number of hydrogen-bond acceptors (Lipinski definition) is 5. The maximum absolute atomic E-state index is 11.9. The summed E-state index contributed by atoms with van der Waals surface area (Å²) in [5, 5.41) is 1.98. The Morgan fingerprint density at radius 2 is 1.88 bits per heavy atom. The third-order valence-corrected chi connectivity index (χ3v) is 4.06. The molecule has 0 unspecified atom stereocenters. The van der Waals surface area contributed by atoms with Gasteiger partial charge in [-0.3, -0.25) is 4.79 Å². The van der Waals surface area contributed by atoms with Crippen LogP contribution in [0.15, 0.2) is 18.2 Å². The quantitative estimate of drug-likeness (QED) is 0.899. The molecule has 0 aromatic heterocycles. The van der Waals surface area contributed by atoms with E-state index in [1.807, 2.05) is 20.8 Å². The minimum atomic E-state index is -0.589. The van der Waals surface area contributed by atoms with Gasteiger partial charge in [0.1, 0.15) is 11.9 Å². The highest BCUT2D eigenvalue weighted by atomic mass is 35.5. The van der Waals surface area contributed by atoms with Crippen molar-refractivity contribution < 1.29 is 19.2 Å². The smallest absolute Gasteiger partial charge is 0.330 e. The van der Waals surface area contributed by atoms with E-state index in [0.29, 0.717) is 36.7 Å². The number of nitrogens with two attached hydrogens (primary N) is 1. The van der Waals surface area contributed by atoms with Gasteiger partial charge in [0.25, 0.3) is 0 Å². The zero-order valence-corrected chi connectivity index (χ0v) is 14.9. The first-order chi connectivity index (χ1) is 11.2. The minimum absolute atomic E-state index is 0.0171. The second kappa shape index (κ2) is 7.40. The van der Waals surface area contributed by atoms with Crippen molar-refractivity contribution in [1.82, 2.24) is 5.06 Å². The van der Waals surface area contributed by atoms with Crippen LogP contribution in [0.3, 0.4) is 0 Å². The van der Waals surface area contributed by atoms with E-state index < -0.39 is 11.3 Å². The molecule has 2 N–H and O–H groups in total. The molecule has 6 nitrogen and oxygen atoms in total. The number of nitrogens with zero attached hydrogens (tertiary/aromatic N) is 1. The highest BCUT2D eigenvalue weighted by molar-refractivity contribution is 6.33. The number of carbonyl (C=O) groups is 2. The molecule has 1 amide bonds. The molecule has 1 fully saturated rings. The third-order valence-electron chi connectivity index (χ3n) is 3.73. The van der Waals surface area contributed by atoms with Crippen molar-refractivity contribution >= 4 is 23.5 Å². The van der Waals surface area contributed by atoms with Crippen LogP contribution in [0, 0.1) is 5.41 Å². The van der Waals surface area contributed by atoms with Crippen LogP contribution in [0.1, 0.15) is 44.0 Å². The molecule has 24 heavy (non-hydrogen) atoms. The maximum Gasteiger partial charge on any atom is 0.330 e. The van der Waals surface area contributed by atoms with Crippen molar-refractivity contribution in [3.05, 3.63) is 28.8 Å². The lowest BCUT2D eigenvalue weighted by Gasteiger charge is -2.32. The van der Waals surface area contributed by atoms with Crippen LogP contribution in [-0.2, 0) is 9.63 Å². The molecule has 0 aliphatic carbocycles. The summed E-state index contributed by atoms with van der Waals surface area (Å²) >= 11 is 5.93. The molecule has 0 saturated carbocycles. The Hall–Kier alpha value is -1.79. The molecule has 0 atom stereocenters. The minimum Gasteiger partial charge on any atom is -0.490 e. The zero-order chi connectivity index (χ0) is 17.9. The predicted octanol–water partition coefficient (Wildman–Crippen LogP) is 2.79. The first-order valence-electron chi connectivity index (χ1n) is 7.90. The van der Waals surface area contributed by atoms with Gasteiger partial charge in [-0.2, -0.15) is 0 Å². The Morgan fingerprint density at radius 1 is 1.25 bits per heavy atom. The normalized spacial score (nSPS) is 16.7. The largest absolute Gasteiger partial charge is 0.490 e. The molecule has 0 spiro atoms. The summed E-state index contributed by atoms with van der Waals surface area (Å²) in [5.74, 6) is -0.279. The van der Waals surface area contributed by atoms with Crippen LogP contribution < -0.4 is 10.5 Å². The number of hydroxylamine groups is 2. The number of amides is 1. The molecule has 2 rings (SSSR count). The van der Waals surface area contributed by atoms with Gasteiger partial charge in [-0.05, 0) is 39.0 Å². The molecule has 1 aromatic rings. The van der Waals surface area contributed by atoms with Gasteiger partial charge in [-0.25, -0.2) is 4.79 Å². The van der Waals surface area contributed by atoms with Crippen LogP contribution in [0.2, 0.25) is 5.02 Å². The van der Waals surface area contributed by atoms with E-state index in [9.17, 15) is 9.59 Å². The van der Waals surface area contributed by atoms with Crippen LogP contribution in [0.4, 0.5) is 0 Å². The van der Waals surface area contributed by atoms with Gasteiger partial charge in [0.2, 0.25) is 5.91 Å². The first-order valence-corrected chi connectivity index (χ1v) is 8.28. The molecule has 7 heteroatoms. The van der Waals surface area contributed by atoms with E-state index in [1.54, 1.807) is 23.3 Å². The Labute approximate surface area is 146 Å². The Balaban J connectivity index is 1.88. The summed E-state index contributed by atoms with van der Waals surface area (Å²) in [5.41, 5.74) is 5.00. The monoisotopic (exact) mass is 354 g/mol. The number of carbonyl (C=O) groups excluding carboxylic acids is 2. The average molecular weight is 355 g/mol. The second-order valence-corrected chi connectivity index (χ2v) is 7.29. The van der Waals surface area contributed by atoms with Gasteiger partial charge in [0.05, 0.1) is 16.0 Å². The van der Waals surface area contributed by atoms with Gasteiger partial charge in [-0.1, -0.05) is 11.6 Å². The van der Waals surface area contributed by atoms with E-state index in [1.165, 1.54) is 0 Å². The van der Waals surface area contributed by atoms with Crippen LogP contribution in [-0.4, -0.2) is 36.1 Å². The van der Waals surface area contributed by atoms with Gasteiger partial charge in [0.15, 0.2) is 0 Å². The van der Waals surface area contributed by atoms with Crippen molar-refractivity contribution in [2.75, 3.05) is 13.1 Å². The summed E-state index contributed by atoms with van der Waals surface area (Å²) in [6.07, 6.45) is 1.41. The van der Waals surface area contributed by atoms with Crippen LogP contribution in [0.5, 0.6) is 5.75 Å². The fourth-order valence-electron chi connectivity index (χ4n) is 2.25. The van der Waals surface area contributed by atoms with Gasteiger partial charge < -0.3 is 15.3 Å². The lowest BCUT2D eigenvalue weighted by Crippen LogP contribution is -2.41.